The topological polar surface area (TPSA) is 41.4 Å². The molecule has 8 heteroatoms. The summed E-state index contributed by atoms with van der Waals surface area (Å²) in [5, 5.41) is 4.09. The minimum Gasteiger partial charge on any atom is -0.322 e. The molecule has 2 saturated heterocycles. The Hall–Kier alpha value is -2.35. The van der Waals surface area contributed by atoms with E-state index in [0.29, 0.717) is 25.2 Å². The van der Waals surface area contributed by atoms with Gasteiger partial charge in [-0.1, -0.05) is 18.2 Å². The standard InChI is InChI=1S/C20H23F3N4O/c1-15-10-24-27(11-15)18(28)26-9-7-19(14-26)6-8-25(13-19)12-16-4-2-3-5-17(16)20(21,22)23/h2-5,10-11H,6-9,12-14H2,1H3. The van der Waals surface area contributed by atoms with Gasteiger partial charge >= 0.3 is 12.2 Å². The lowest BCUT2D eigenvalue weighted by Crippen LogP contribution is -2.36. The minimum absolute atomic E-state index is 0.0367. The molecule has 0 saturated carbocycles. The highest BCUT2D eigenvalue weighted by atomic mass is 19.4. The van der Waals surface area contributed by atoms with Gasteiger partial charge in [0.05, 0.1) is 11.8 Å². The van der Waals surface area contributed by atoms with Gasteiger partial charge < -0.3 is 4.90 Å². The molecular formula is C20H23F3N4O. The molecule has 4 rings (SSSR count). The van der Waals surface area contributed by atoms with Gasteiger partial charge in [-0.05, 0) is 43.5 Å². The molecule has 3 heterocycles. The lowest BCUT2D eigenvalue weighted by molar-refractivity contribution is -0.138. The maximum Gasteiger partial charge on any atom is 0.416 e. The summed E-state index contributed by atoms with van der Waals surface area (Å²) in [5.74, 6) is 0. The van der Waals surface area contributed by atoms with E-state index in [2.05, 4.69) is 10.00 Å². The number of aryl methyl sites for hydroxylation is 1. The molecule has 5 nitrogen and oxygen atoms in total. The van der Waals surface area contributed by atoms with Crippen molar-refractivity contribution in [2.24, 2.45) is 5.41 Å². The van der Waals surface area contributed by atoms with Crippen LogP contribution in [0, 0.1) is 12.3 Å². The minimum atomic E-state index is -4.34. The van der Waals surface area contributed by atoms with E-state index in [4.69, 9.17) is 0 Å². The third kappa shape index (κ3) is 3.65. The number of alkyl halides is 3. The molecule has 1 spiro atoms. The molecule has 2 aromatic rings. The average molecular weight is 392 g/mol. The molecular weight excluding hydrogens is 369 g/mol. The van der Waals surface area contributed by atoms with Crippen molar-refractivity contribution in [3.8, 4) is 0 Å². The molecule has 1 aromatic carbocycles. The van der Waals surface area contributed by atoms with Crippen LogP contribution in [0.4, 0.5) is 18.0 Å². The second-order valence-corrected chi connectivity index (χ2v) is 8.03. The van der Waals surface area contributed by atoms with Crippen LogP contribution >= 0.6 is 0 Å². The third-order valence-corrected chi connectivity index (χ3v) is 5.85. The van der Waals surface area contributed by atoms with Crippen LogP contribution in [0.3, 0.4) is 0 Å². The number of benzene rings is 1. The van der Waals surface area contributed by atoms with Crippen LogP contribution in [-0.4, -0.2) is 51.8 Å². The Labute approximate surface area is 161 Å². The van der Waals surface area contributed by atoms with Crippen molar-refractivity contribution in [1.29, 1.82) is 0 Å². The number of hydrogen-bond acceptors (Lipinski definition) is 3. The summed E-state index contributed by atoms with van der Waals surface area (Å²) in [6, 6.07) is 5.64. The van der Waals surface area contributed by atoms with E-state index in [1.807, 2.05) is 6.92 Å². The predicted octanol–water partition coefficient (Wildman–Crippen LogP) is 3.78. The maximum absolute atomic E-state index is 13.2. The summed E-state index contributed by atoms with van der Waals surface area (Å²) in [6.07, 6.45) is 0.785. The zero-order valence-electron chi connectivity index (χ0n) is 15.7. The normalized spacial score (nSPS) is 23.1. The first-order chi connectivity index (χ1) is 13.3. The van der Waals surface area contributed by atoms with Crippen LogP contribution in [0.25, 0.3) is 0 Å². The number of nitrogens with zero attached hydrogens (tertiary/aromatic N) is 4. The van der Waals surface area contributed by atoms with Crippen molar-refractivity contribution in [2.45, 2.75) is 32.5 Å². The highest BCUT2D eigenvalue weighted by Gasteiger charge is 2.45. The van der Waals surface area contributed by atoms with Gasteiger partial charge in [-0.3, -0.25) is 4.90 Å². The van der Waals surface area contributed by atoms with Crippen molar-refractivity contribution >= 4 is 6.03 Å². The second-order valence-electron chi connectivity index (χ2n) is 8.03. The predicted molar refractivity (Wildman–Crippen MR) is 97.7 cm³/mol. The summed E-state index contributed by atoms with van der Waals surface area (Å²) in [5.41, 5.74) is 0.640. The third-order valence-electron chi connectivity index (χ3n) is 5.85. The van der Waals surface area contributed by atoms with Crippen molar-refractivity contribution in [2.75, 3.05) is 26.2 Å². The number of halogens is 3. The highest BCUT2D eigenvalue weighted by molar-refractivity contribution is 5.76. The molecule has 1 atom stereocenters. The van der Waals surface area contributed by atoms with Gasteiger partial charge in [0.1, 0.15) is 0 Å². The van der Waals surface area contributed by atoms with Crippen molar-refractivity contribution in [3.63, 3.8) is 0 Å². The first-order valence-corrected chi connectivity index (χ1v) is 9.44. The molecule has 2 aliphatic heterocycles. The molecule has 150 valence electrons. The lowest BCUT2D eigenvalue weighted by Gasteiger charge is -2.25. The first-order valence-electron chi connectivity index (χ1n) is 9.44. The Kier molecular flexibility index (Phi) is 4.69. The van der Waals surface area contributed by atoms with Gasteiger partial charge in [0.15, 0.2) is 0 Å². The number of amides is 1. The van der Waals surface area contributed by atoms with Gasteiger partial charge in [0.2, 0.25) is 0 Å². The van der Waals surface area contributed by atoms with Crippen LogP contribution in [0.15, 0.2) is 36.7 Å². The zero-order valence-corrected chi connectivity index (χ0v) is 15.7. The Morgan fingerprint density at radius 2 is 1.93 bits per heavy atom. The summed E-state index contributed by atoms with van der Waals surface area (Å²) in [6.45, 7) is 4.91. The van der Waals surface area contributed by atoms with Gasteiger partial charge in [0, 0.05) is 37.8 Å². The molecule has 2 aliphatic rings. The smallest absolute Gasteiger partial charge is 0.322 e. The lowest BCUT2D eigenvalue weighted by atomic mass is 9.86. The Morgan fingerprint density at radius 3 is 2.64 bits per heavy atom. The summed E-state index contributed by atoms with van der Waals surface area (Å²) in [7, 11) is 0. The monoisotopic (exact) mass is 392 g/mol. The Balaban J connectivity index is 1.42. The van der Waals surface area contributed by atoms with E-state index in [0.717, 1.165) is 31.0 Å². The van der Waals surface area contributed by atoms with Gasteiger partial charge in [0.25, 0.3) is 0 Å². The van der Waals surface area contributed by atoms with E-state index in [1.54, 1.807) is 29.4 Å². The van der Waals surface area contributed by atoms with Crippen molar-refractivity contribution in [3.05, 3.63) is 53.3 Å². The van der Waals surface area contributed by atoms with E-state index in [1.165, 1.54) is 10.7 Å². The van der Waals surface area contributed by atoms with Crippen LogP contribution in [0.2, 0.25) is 0 Å². The number of hydrogen-bond donors (Lipinski definition) is 0. The Bertz CT molecular complexity index is 878. The molecule has 1 aromatic heterocycles. The number of rotatable bonds is 2. The molecule has 0 aliphatic carbocycles. The largest absolute Gasteiger partial charge is 0.416 e. The summed E-state index contributed by atoms with van der Waals surface area (Å²) < 4.78 is 41.1. The second kappa shape index (κ2) is 6.92. The van der Waals surface area contributed by atoms with Crippen LogP contribution in [-0.2, 0) is 12.7 Å². The zero-order chi connectivity index (χ0) is 19.9. The number of aromatic nitrogens is 2. The van der Waals surface area contributed by atoms with Gasteiger partial charge in [-0.2, -0.15) is 23.0 Å². The first kappa shape index (κ1) is 19.0. The fraction of sp³-hybridized carbons (Fsp3) is 0.500. The van der Waals surface area contributed by atoms with Crippen LogP contribution in [0.5, 0.6) is 0 Å². The fourth-order valence-electron chi connectivity index (χ4n) is 4.43. The van der Waals surface area contributed by atoms with Crippen molar-refractivity contribution < 1.29 is 18.0 Å². The number of carbonyl (C=O) groups is 1. The summed E-state index contributed by atoms with van der Waals surface area (Å²) in [4.78, 5) is 16.5. The number of likely N-dealkylation sites (tertiary alicyclic amines) is 2. The average Bonchev–Trinajstić information content (AvgIpc) is 3.36. The molecule has 2 fully saturated rings. The molecule has 1 unspecified atom stereocenters. The maximum atomic E-state index is 13.2. The SMILES string of the molecule is Cc1cnn(C(=O)N2CCC3(CCN(Cc4ccccc4C(F)(F)F)C3)C2)c1. The highest BCUT2D eigenvalue weighted by Crippen LogP contribution is 2.41. The van der Waals surface area contributed by atoms with Gasteiger partial charge in [-0.15, -0.1) is 0 Å². The molecule has 0 N–H and O–H groups in total. The number of carbonyl (C=O) groups excluding carboxylic acids is 1. The van der Waals surface area contributed by atoms with Crippen molar-refractivity contribution in [1.82, 2.24) is 19.6 Å². The van der Waals surface area contributed by atoms with E-state index in [9.17, 15) is 18.0 Å². The quantitative estimate of drug-likeness (QED) is 0.781. The summed E-state index contributed by atoms with van der Waals surface area (Å²) >= 11 is 0. The van der Waals surface area contributed by atoms with Gasteiger partial charge in [-0.25, -0.2) is 4.79 Å². The fourth-order valence-corrected chi connectivity index (χ4v) is 4.43. The molecule has 0 bridgehead atoms. The van der Waals surface area contributed by atoms with E-state index >= 15 is 0 Å². The molecule has 28 heavy (non-hydrogen) atoms. The molecule has 0 radical (unpaired) electrons. The van der Waals surface area contributed by atoms with E-state index < -0.39 is 11.7 Å². The van der Waals surface area contributed by atoms with Crippen LogP contribution < -0.4 is 0 Å². The Morgan fingerprint density at radius 1 is 1.18 bits per heavy atom. The van der Waals surface area contributed by atoms with E-state index in [-0.39, 0.29) is 18.0 Å². The van der Waals surface area contributed by atoms with Crippen LogP contribution in [0.1, 0.15) is 29.5 Å². The molecule has 1 amide bonds.